The van der Waals surface area contributed by atoms with Crippen LogP contribution in [-0.2, 0) is 13.5 Å². The van der Waals surface area contributed by atoms with Crippen molar-refractivity contribution in [1.29, 1.82) is 0 Å². The third-order valence-electron chi connectivity index (χ3n) is 4.13. The first-order valence-corrected chi connectivity index (χ1v) is 7.22. The molecule has 0 bridgehead atoms. The number of fused-ring (bicyclic) bond motifs is 2. The molecule has 2 aromatic carbocycles. The van der Waals surface area contributed by atoms with E-state index in [2.05, 4.69) is 58.9 Å². The Balaban J connectivity index is 1.81. The van der Waals surface area contributed by atoms with E-state index in [0.29, 0.717) is 0 Å². The van der Waals surface area contributed by atoms with E-state index >= 15 is 0 Å². The second-order valence-corrected chi connectivity index (χ2v) is 5.55. The van der Waals surface area contributed by atoms with Gasteiger partial charge >= 0.3 is 0 Å². The lowest BCUT2D eigenvalue weighted by atomic mass is 9.82. The van der Waals surface area contributed by atoms with Gasteiger partial charge in [-0.25, -0.2) is 0 Å². The maximum atomic E-state index is 4.25. The van der Waals surface area contributed by atoms with Crippen molar-refractivity contribution in [3.8, 4) is 0 Å². The fourth-order valence-corrected chi connectivity index (χ4v) is 3.14. The van der Waals surface area contributed by atoms with Crippen LogP contribution in [0.4, 0.5) is 5.69 Å². The third-order valence-corrected chi connectivity index (χ3v) is 4.13. The number of hydrogen-bond acceptors (Lipinski definition) is 2. The van der Waals surface area contributed by atoms with E-state index in [-0.39, 0.29) is 6.04 Å². The molecule has 1 N–H and O–H groups in total. The molecule has 0 atom stereocenters. The number of benzene rings is 2. The van der Waals surface area contributed by atoms with E-state index < -0.39 is 0 Å². The smallest absolute Gasteiger partial charge is 0.0774 e. The van der Waals surface area contributed by atoms with E-state index in [1.54, 1.807) is 0 Å². The molecule has 0 aliphatic heterocycles. The predicted octanol–water partition coefficient (Wildman–Crippen LogP) is 3.53. The Morgan fingerprint density at radius 2 is 1.62 bits per heavy atom. The molecule has 0 fully saturated rings. The van der Waals surface area contributed by atoms with Crippen molar-refractivity contribution in [2.75, 3.05) is 5.32 Å². The van der Waals surface area contributed by atoms with Gasteiger partial charge in [-0.15, -0.1) is 0 Å². The zero-order valence-corrected chi connectivity index (χ0v) is 12.0. The van der Waals surface area contributed by atoms with Crippen LogP contribution in [0.1, 0.15) is 28.3 Å². The molecule has 3 heteroatoms. The normalized spacial score (nSPS) is 13.6. The van der Waals surface area contributed by atoms with Crippen molar-refractivity contribution >= 4 is 5.69 Å². The number of rotatable bonds is 2. The Bertz CT molecular complexity index is 743. The fraction of sp³-hybridized carbons (Fsp3) is 0.167. The second-order valence-electron chi connectivity index (χ2n) is 5.55. The van der Waals surface area contributed by atoms with Gasteiger partial charge in [0.2, 0.25) is 0 Å². The molecule has 0 spiro atoms. The first-order valence-electron chi connectivity index (χ1n) is 7.22. The average Bonchev–Trinajstić information content (AvgIpc) is 2.92. The lowest BCUT2D eigenvalue weighted by molar-refractivity contribution is 0.767. The van der Waals surface area contributed by atoms with Gasteiger partial charge in [-0.1, -0.05) is 48.5 Å². The minimum absolute atomic E-state index is 0.190. The average molecular weight is 275 g/mol. The van der Waals surface area contributed by atoms with Crippen molar-refractivity contribution in [3.63, 3.8) is 0 Å². The Morgan fingerprint density at radius 3 is 2.19 bits per heavy atom. The summed E-state index contributed by atoms with van der Waals surface area (Å²) in [6.07, 6.45) is 4.90. The predicted molar refractivity (Wildman–Crippen MR) is 84.4 cm³/mol. The minimum Gasteiger partial charge on any atom is -0.372 e. The quantitative estimate of drug-likeness (QED) is 0.775. The maximum Gasteiger partial charge on any atom is 0.0774 e. The highest BCUT2D eigenvalue weighted by molar-refractivity contribution is 5.54. The van der Waals surface area contributed by atoms with Gasteiger partial charge < -0.3 is 5.32 Å². The highest BCUT2D eigenvalue weighted by Gasteiger charge is 2.24. The fourth-order valence-electron chi connectivity index (χ4n) is 3.14. The molecule has 0 unspecified atom stereocenters. The molecule has 0 saturated carbocycles. The summed E-state index contributed by atoms with van der Waals surface area (Å²) in [5, 5.41) is 7.88. The van der Waals surface area contributed by atoms with Crippen molar-refractivity contribution in [2.24, 2.45) is 7.05 Å². The molecule has 3 aromatic rings. The highest BCUT2D eigenvalue weighted by Crippen LogP contribution is 2.36. The van der Waals surface area contributed by atoms with Crippen LogP contribution in [0, 0.1) is 0 Å². The molecular weight excluding hydrogens is 258 g/mol. The Morgan fingerprint density at radius 1 is 1.00 bits per heavy atom. The monoisotopic (exact) mass is 275 g/mol. The number of anilines is 1. The summed E-state index contributed by atoms with van der Waals surface area (Å²) in [6, 6.07) is 17.6. The Kier molecular flexibility index (Phi) is 2.78. The van der Waals surface area contributed by atoms with Crippen molar-refractivity contribution in [2.45, 2.75) is 12.5 Å². The van der Waals surface area contributed by atoms with Crippen molar-refractivity contribution < 1.29 is 0 Å². The van der Waals surface area contributed by atoms with Gasteiger partial charge in [-0.3, -0.25) is 4.68 Å². The second kappa shape index (κ2) is 4.77. The van der Waals surface area contributed by atoms with Crippen LogP contribution in [0.25, 0.3) is 0 Å². The number of nitrogens with zero attached hydrogens (tertiary/aromatic N) is 2. The molecule has 3 nitrogen and oxygen atoms in total. The number of nitrogens with one attached hydrogen (secondary N) is 1. The largest absolute Gasteiger partial charge is 0.372 e. The highest BCUT2D eigenvalue weighted by atomic mass is 15.3. The maximum absolute atomic E-state index is 4.25. The molecule has 21 heavy (non-hydrogen) atoms. The standard InChI is InChI=1S/C18H17N3/c1-21-12-15(11-19-21)20-18-16-8-4-2-6-13(16)10-14-7-3-5-9-17(14)18/h2-9,11-12,18,20H,10H2,1H3. The van der Waals surface area contributed by atoms with E-state index in [0.717, 1.165) is 12.1 Å². The Hall–Kier alpha value is -2.55. The summed E-state index contributed by atoms with van der Waals surface area (Å²) in [4.78, 5) is 0. The van der Waals surface area contributed by atoms with E-state index in [1.807, 2.05) is 24.1 Å². The van der Waals surface area contributed by atoms with Crippen LogP contribution >= 0.6 is 0 Å². The van der Waals surface area contributed by atoms with E-state index in [4.69, 9.17) is 0 Å². The van der Waals surface area contributed by atoms with Crippen LogP contribution in [0.2, 0.25) is 0 Å². The van der Waals surface area contributed by atoms with Crippen molar-refractivity contribution in [3.05, 3.63) is 83.2 Å². The van der Waals surface area contributed by atoms with Crippen LogP contribution in [-0.4, -0.2) is 9.78 Å². The van der Waals surface area contributed by atoms with Crippen molar-refractivity contribution in [1.82, 2.24) is 9.78 Å². The summed E-state index contributed by atoms with van der Waals surface area (Å²) in [5.41, 5.74) is 6.57. The van der Waals surface area contributed by atoms with Gasteiger partial charge in [-0.05, 0) is 28.7 Å². The topological polar surface area (TPSA) is 29.9 Å². The first-order chi connectivity index (χ1) is 10.3. The number of aryl methyl sites for hydroxylation is 1. The SMILES string of the molecule is Cn1cc(NC2c3ccccc3Cc3ccccc32)cn1. The molecule has 1 aromatic heterocycles. The first kappa shape index (κ1) is 12.2. The molecule has 0 amide bonds. The zero-order chi connectivity index (χ0) is 14.2. The molecular formula is C18H17N3. The van der Waals surface area contributed by atoms with Crippen LogP contribution in [0.15, 0.2) is 60.9 Å². The van der Waals surface area contributed by atoms with Gasteiger partial charge in [0, 0.05) is 13.2 Å². The summed E-state index contributed by atoms with van der Waals surface area (Å²) in [5.74, 6) is 0. The van der Waals surface area contributed by atoms with E-state index in [9.17, 15) is 0 Å². The molecule has 104 valence electrons. The summed E-state index contributed by atoms with van der Waals surface area (Å²) in [6.45, 7) is 0. The van der Waals surface area contributed by atoms with Crippen LogP contribution < -0.4 is 5.32 Å². The van der Waals surface area contributed by atoms with Gasteiger partial charge in [0.1, 0.15) is 0 Å². The molecule has 0 saturated heterocycles. The summed E-state index contributed by atoms with van der Waals surface area (Å²) in [7, 11) is 1.94. The van der Waals surface area contributed by atoms with Gasteiger partial charge in [0.15, 0.2) is 0 Å². The molecule has 0 radical (unpaired) electrons. The molecule has 4 rings (SSSR count). The number of hydrogen-bond donors (Lipinski definition) is 1. The molecule has 1 aliphatic carbocycles. The minimum atomic E-state index is 0.190. The summed E-state index contributed by atoms with van der Waals surface area (Å²) >= 11 is 0. The molecule has 1 heterocycles. The van der Waals surface area contributed by atoms with Gasteiger partial charge in [-0.2, -0.15) is 5.10 Å². The number of aromatic nitrogens is 2. The lowest BCUT2D eigenvalue weighted by Crippen LogP contribution is -2.20. The van der Waals surface area contributed by atoms with E-state index in [1.165, 1.54) is 22.3 Å². The Labute approximate surface area is 124 Å². The molecule has 1 aliphatic rings. The van der Waals surface area contributed by atoms with Crippen LogP contribution in [0.3, 0.4) is 0 Å². The third kappa shape index (κ3) is 2.11. The van der Waals surface area contributed by atoms with Crippen LogP contribution in [0.5, 0.6) is 0 Å². The van der Waals surface area contributed by atoms with Gasteiger partial charge in [0.05, 0.1) is 17.9 Å². The lowest BCUT2D eigenvalue weighted by Gasteiger charge is -2.29. The summed E-state index contributed by atoms with van der Waals surface area (Å²) < 4.78 is 1.82. The zero-order valence-electron chi connectivity index (χ0n) is 12.0. The van der Waals surface area contributed by atoms with Gasteiger partial charge in [0.25, 0.3) is 0 Å².